The van der Waals surface area contributed by atoms with Gasteiger partial charge in [-0.05, 0) is 31.9 Å². The molecule has 0 unspecified atom stereocenters. The second-order valence-corrected chi connectivity index (χ2v) is 7.19. The maximum absolute atomic E-state index is 6.70. The van der Waals surface area contributed by atoms with Crippen molar-refractivity contribution in [3.05, 3.63) is 46.7 Å². The van der Waals surface area contributed by atoms with Crippen molar-refractivity contribution < 1.29 is 4.74 Å². The van der Waals surface area contributed by atoms with Gasteiger partial charge in [0.25, 0.3) is 0 Å². The van der Waals surface area contributed by atoms with Crippen molar-refractivity contribution >= 4 is 11.6 Å². The third-order valence-corrected chi connectivity index (χ3v) is 5.72. The largest absolute Gasteiger partial charge is 0.375 e. The van der Waals surface area contributed by atoms with Gasteiger partial charge in [-0.25, -0.2) is 4.68 Å². The summed E-state index contributed by atoms with van der Waals surface area (Å²) in [7, 11) is 0. The third kappa shape index (κ3) is 2.99. The van der Waals surface area contributed by atoms with Crippen LogP contribution in [-0.2, 0) is 11.3 Å². The molecule has 1 saturated carbocycles. The van der Waals surface area contributed by atoms with Gasteiger partial charge >= 0.3 is 0 Å². The fourth-order valence-electron chi connectivity index (χ4n) is 4.03. The summed E-state index contributed by atoms with van der Waals surface area (Å²) < 4.78 is 7.84. The molecule has 2 fully saturated rings. The van der Waals surface area contributed by atoms with Gasteiger partial charge in [-0.3, -0.25) is 4.90 Å². The van der Waals surface area contributed by atoms with Crippen LogP contribution in [0, 0.1) is 6.92 Å². The van der Waals surface area contributed by atoms with Crippen LogP contribution in [0.25, 0.3) is 5.69 Å². The van der Waals surface area contributed by atoms with E-state index < -0.39 is 0 Å². The first-order valence-electron chi connectivity index (χ1n) is 8.89. The van der Waals surface area contributed by atoms with E-state index in [0.717, 1.165) is 41.8 Å². The van der Waals surface area contributed by atoms with Crippen LogP contribution in [-0.4, -0.2) is 40.0 Å². The number of benzene rings is 1. The summed E-state index contributed by atoms with van der Waals surface area (Å²) in [5.74, 6) is 0. The van der Waals surface area contributed by atoms with Gasteiger partial charge < -0.3 is 4.74 Å². The molecular weight excluding hydrogens is 322 g/mol. The Hall–Kier alpha value is -1.36. The molecule has 24 heavy (non-hydrogen) atoms. The summed E-state index contributed by atoms with van der Waals surface area (Å²) in [4.78, 5) is 2.55. The zero-order valence-electron chi connectivity index (χ0n) is 14.1. The molecule has 128 valence electrons. The highest BCUT2D eigenvalue weighted by molar-refractivity contribution is 6.30. The van der Waals surface area contributed by atoms with E-state index in [-0.39, 0.29) is 0 Å². The van der Waals surface area contributed by atoms with Crippen LogP contribution in [0.1, 0.15) is 36.9 Å². The van der Waals surface area contributed by atoms with E-state index in [9.17, 15) is 0 Å². The number of hydrogen-bond acceptors (Lipinski definition) is 3. The summed E-state index contributed by atoms with van der Waals surface area (Å²) in [6.45, 7) is 4.72. The molecule has 4 nitrogen and oxygen atoms in total. The standard InChI is InChI=1S/C19H24ClN3O/c1-14-16(19(20)23(21-14)15-7-3-2-4-8-15)13-22-11-12-24-18-10-6-5-9-17(18)22/h2-4,7-8,17-18H,5-6,9-13H2,1H3/t17-,18-/m0/s1. The van der Waals surface area contributed by atoms with Gasteiger partial charge in [0.15, 0.2) is 0 Å². The second-order valence-electron chi connectivity index (χ2n) is 6.83. The maximum atomic E-state index is 6.70. The van der Waals surface area contributed by atoms with Crippen molar-refractivity contribution in [3.63, 3.8) is 0 Å². The van der Waals surface area contributed by atoms with E-state index in [1.54, 1.807) is 0 Å². The summed E-state index contributed by atoms with van der Waals surface area (Å²) >= 11 is 6.70. The van der Waals surface area contributed by atoms with Gasteiger partial charge in [-0.15, -0.1) is 0 Å². The molecule has 2 heterocycles. The average molecular weight is 346 g/mol. The van der Waals surface area contributed by atoms with Crippen LogP contribution in [0.2, 0.25) is 5.15 Å². The van der Waals surface area contributed by atoms with Gasteiger partial charge in [0, 0.05) is 24.7 Å². The van der Waals surface area contributed by atoms with Crippen LogP contribution >= 0.6 is 11.6 Å². The van der Waals surface area contributed by atoms with Gasteiger partial charge in [0.05, 0.1) is 24.1 Å². The number of halogens is 1. The summed E-state index contributed by atoms with van der Waals surface area (Å²) in [5, 5.41) is 5.41. The molecule has 1 saturated heterocycles. The van der Waals surface area contributed by atoms with Gasteiger partial charge in [-0.1, -0.05) is 42.6 Å². The SMILES string of the molecule is Cc1nn(-c2ccccc2)c(Cl)c1CN1CCO[C@H]2CCCC[C@@H]21. The van der Waals surface area contributed by atoms with Crippen LogP contribution in [0.4, 0.5) is 0 Å². The fourth-order valence-corrected chi connectivity index (χ4v) is 4.36. The zero-order valence-corrected chi connectivity index (χ0v) is 14.9. The molecular formula is C19H24ClN3O. The molecule has 0 spiro atoms. The highest BCUT2D eigenvalue weighted by atomic mass is 35.5. The average Bonchev–Trinajstić information content (AvgIpc) is 2.91. The number of rotatable bonds is 3. The third-order valence-electron chi connectivity index (χ3n) is 5.33. The number of ether oxygens (including phenoxy) is 1. The van der Waals surface area contributed by atoms with E-state index >= 15 is 0 Å². The molecule has 0 N–H and O–H groups in total. The molecule has 1 aliphatic heterocycles. The molecule has 0 radical (unpaired) electrons. The van der Waals surface area contributed by atoms with E-state index in [2.05, 4.69) is 16.9 Å². The molecule has 1 aliphatic carbocycles. The van der Waals surface area contributed by atoms with E-state index in [1.807, 2.05) is 35.0 Å². The van der Waals surface area contributed by atoms with E-state index in [4.69, 9.17) is 16.3 Å². The highest BCUT2D eigenvalue weighted by Crippen LogP contribution is 2.32. The number of aryl methyl sites for hydroxylation is 1. The Bertz CT molecular complexity index is 698. The predicted molar refractivity (Wildman–Crippen MR) is 95.7 cm³/mol. The van der Waals surface area contributed by atoms with Crippen molar-refractivity contribution in [1.29, 1.82) is 0 Å². The van der Waals surface area contributed by atoms with Crippen LogP contribution in [0.15, 0.2) is 30.3 Å². The molecule has 4 rings (SSSR count). The number of aromatic nitrogens is 2. The monoisotopic (exact) mass is 345 g/mol. The quantitative estimate of drug-likeness (QED) is 0.843. The predicted octanol–water partition coefficient (Wildman–Crippen LogP) is 3.98. The number of hydrogen-bond donors (Lipinski definition) is 0. The second kappa shape index (κ2) is 6.87. The Kier molecular flexibility index (Phi) is 4.61. The lowest BCUT2D eigenvalue weighted by atomic mass is 9.90. The Balaban J connectivity index is 1.59. The van der Waals surface area contributed by atoms with Crippen molar-refractivity contribution in [1.82, 2.24) is 14.7 Å². The van der Waals surface area contributed by atoms with Crippen LogP contribution in [0.3, 0.4) is 0 Å². The molecule has 2 aromatic rings. The van der Waals surface area contributed by atoms with Gasteiger partial charge in [0.2, 0.25) is 0 Å². The Morgan fingerprint density at radius 3 is 2.83 bits per heavy atom. The lowest BCUT2D eigenvalue weighted by molar-refractivity contribution is -0.0911. The molecule has 2 aliphatic rings. The first-order valence-corrected chi connectivity index (χ1v) is 9.27. The van der Waals surface area contributed by atoms with Crippen molar-refractivity contribution in [2.45, 2.75) is 51.3 Å². The molecule has 2 atom stereocenters. The Labute approximate surface area is 148 Å². The lowest BCUT2D eigenvalue weighted by Gasteiger charge is -2.43. The minimum absolute atomic E-state index is 0.399. The smallest absolute Gasteiger partial charge is 0.137 e. The highest BCUT2D eigenvalue weighted by Gasteiger charge is 2.34. The molecule has 1 aromatic carbocycles. The van der Waals surface area contributed by atoms with Crippen molar-refractivity contribution in [2.75, 3.05) is 13.2 Å². The molecule has 5 heteroatoms. The Morgan fingerprint density at radius 1 is 1.21 bits per heavy atom. The minimum Gasteiger partial charge on any atom is -0.375 e. The number of fused-ring (bicyclic) bond motifs is 1. The normalized spacial score (nSPS) is 24.8. The zero-order chi connectivity index (χ0) is 16.5. The van der Waals surface area contributed by atoms with Crippen molar-refractivity contribution in [2.24, 2.45) is 0 Å². The van der Waals surface area contributed by atoms with E-state index in [0.29, 0.717) is 12.1 Å². The van der Waals surface area contributed by atoms with Crippen LogP contribution in [0.5, 0.6) is 0 Å². The fraction of sp³-hybridized carbons (Fsp3) is 0.526. The topological polar surface area (TPSA) is 30.3 Å². The van der Waals surface area contributed by atoms with Gasteiger partial charge in [-0.2, -0.15) is 5.10 Å². The first-order chi connectivity index (χ1) is 11.7. The Morgan fingerprint density at radius 2 is 2.00 bits per heavy atom. The summed E-state index contributed by atoms with van der Waals surface area (Å²) in [6.07, 6.45) is 5.42. The molecule has 0 amide bonds. The first kappa shape index (κ1) is 16.1. The summed E-state index contributed by atoms with van der Waals surface area (Å²) in [5.41, 5.74) is 3.17. The lowest BCUT2D eigenvalue weighted by Crippen LogP contribution is -2.52. The number of nitrogens with zero attached hydrogens (tertiary/aromatic N) is 3. The minimum atomic E-state index is 0.399. The maximum Gasteiger partial charge on any atom is 0.137 e. The number of morpholine rings is 1. The molecule has 1 aromatic heterocycles. The molecule has 0 bridgehead atoms. The van der Waals surface area contributed by atoms with Gasteiger partial charge in [0.1, 0.15) is 5.15 Å². The number of para-hydroxylation sites is 1. The summed E-state index contributed by atoms with van der Waals surface area (Å²) in [6, 6.07) is 10.6. The van der Waals surface area contributed by atoms with E-state index in [1.165, 1.54) is 25.7 Å². The van der Waals surface area contributed by atoms with Crippen LogP contribution < -0.4 is 0 Å². The van der Waals surface area contributed by atoms with Crippen molar-refractivity contribution in [3.8, 4) is 5.69 Å².